The van der Waals surface area contributed by atoms with Gasteiger partial charge in [-0.05, 0) is 42.7 Å². The summed E-state index contributed by atoms with van der Waals surface area (Å²) in [5.41, 5.74) is 7.56. The molecule has 0 fully saturated rings. The Morgan fingerprint density at radius 2 is 2.14 bits per heavy atom. The second kappa shape index (κ2) is 6.43. The molecule has 0 amide bonds. The molecular formula is C14H16ClN3O2S. The van der Waals surface area contributed by atoms with Gasteiger partial charge in [0.15, 0.2) is 0 Å². The summed E-state index contributed by atoms with van der Waals surface area (Å²) in [4.78, 5) is 4.09. The molecule has 0 unspecified atom stereocenters. The quantitative estimate of drug-likeness (QED) is 0.825. The standard InChI is InChI=1S/C14H16ClN3O2S/c1-10-13(16)7-12(15)8-14(10)21(19,20)18-6-4-11-3-2-5-17-9-11/h2-3,5,7-9,18H,4,6,16H2,1H3. The molecule has 1 heterocycles. The van der Waals surface area contributed by atoms with E-state index in [1.807, 2.05) is 12.1 Å². The van der Waals surface area contributed by atoms with E-state index in [9.17, 15) is 8.42 Å². The van der Waals surface area contributed by atoms with Crippen molar-refractivity contribution in [1.29, 1.82) is 0 Å². The topological polar surface area (TPSA) is 85.1 Å². The Kier molecular flexibility index (Phi) is 4.82. The Labute approximate surface area is 129 Å². The van der Waals surface area contributed by atoms with Gasteiger partial charge >= 0.3 is 0 Å². The predicted octanol–water partition coefficient (Wildman–Crippen LogP) is 2.15. The molecule has 2 aromatic rings. The van der Waals surface area contributed by atoms with Crippen LogP contribution in [0, 0.1) is 6.92 Å². The Bertz CT molecular complexity index is 733. The molecule has 5 nitrogen and oxygen atoms in total. The van der Waals surface area contributed by atoms with E-state index in [4.69, 9.17) is 17.3 Å². The minimum absolute atomic E-state index is 0.110. The summed E-state index contributed by atoms with van der Waals surface area (Å²) in [7, 11) is -3.64. The number of halogens is 1. The smallest absolute Gasteiger partial charge is 0.240 e. The number of aromatic nitrogens is 1. The van der Waals surface area contributed by atoms with E-state index in [1.165, 1.54) is 12.1 Å². The van der Waals surface area contributed by atoms with Gasteiger partial charge in [-0.1, -0.05) is 17.7 Å². The summed E-state index contributed by atoms with van der Waals surface area (Å²) < 4.78 is 27.2. The molecule has 0 spiro atoms. The molecule has 2 rings (SSSR count). The van der Waals surface area contributed by atoms with Gasteiger partial charge in [0.1, 0.15) is 0 Å². The molecule has 0 saturated heterocycles. The molecule has 0 aliphatic carbocycles. The molecule has 0 aliphatic rings. The second-order valence-corrected chi connectivity index (χ2v) is 6.80. The Morgan fingerprint density at radius 1 is 1.38 bits per heavy atom. The SMILES string of the molecule is Cc1c(N)cc(Cl)cc1S(=O)(=O)NCCc1cccnc1. The lowest BCUT2D eigenvalue weighted by atomic mass is 10.2. The van der Waals surface area contributed by atoms with E-state index in [-0.39, 0.29) is 11.4 Å². The summed E-state index contributed by atoms with van der Waals surface area (Å²) in [6.07, 6.45) is 3.94. The van der Waals surface area contributed by atoms with Gasteiger partial charge in [0.05, 0.1) is 4.90 Å². The van der Waals surface area contributed by atoms with Gasteiger partial charge in [-0.3, -0.25) is 4.98 Å². The number of pyridine rings is 1. The number of nitrogens with two attached hydrogens (primary N) is 1. The fourth-order valence-electron chi connectivity index (χ4n) is 1.91. The van der Waals surface area contributed by atoms with Crippen LogP contribution in [0.4, 0.5) is 5.69 Å². The van der Waals surface area contributed by atoms with Crippen LogP contribution in [0.3, 0.4) is 0 Å². The molecule has 3 N–H and O–H groups in total. The van der Waals surface area contributed by atoms with Crippen LogP contribution < -0.4 is 10.5 Å². The lowest BCUT2D eigenvalue weighted by molar-refractivity contribution is 0.581. The van der Waals surface area contributed by atoms with Crippen LogP contribution in [-0.4, -0.2) is 19.9 Å². The van der Waals surface area contributed by atoms with E-state index >= 15 is 0 Å². The highest BCUT2D eigenvalue weighted by atomic mass is 35.5. The van der Waals surface area contributed by atoms with Crippen molar-refractivity contribution < 1.29 is 8.42 Å². The molecule has 0 radical (unpaired) electrons. The summed E-state index contributed by atoms with van der Waals surface area (Å²) in [5.74, 6) is 0. The maximum atomic E-state index is 12.3. The zero-order valence-electron chi connectivity index (χ0n) is 11.5. The van der Waals surface area contributed by atoms with Crippen LogP contribution in [-0.2, 0) is 16.4 Å². The van der Waals surface area contributed by atoms with Crippen LogP contribution in [0.5, 0.6) is 0 Å². The van der Waals surface area contributed by atoms with E-state index < -0.39 is 10.0 Å². The average molecular weight is 326 g/mol. The Morgan fingerprint density at radius 3 is 2.81 bits per heavy atom. The highest BCUT2D eigenvalue weighted by Gasteiger charge is 2.18. The third-order valence-electron chi connectivity index (χ3n) is 3.08. The highest BCUT2D eigenvalue weighted by molar-refractivity contribution is 7.89. The lowest BCUT2D eigenvalue weighted by Crippen LogP contribution is -2.27. The molecule has 1 aromatic carbocycles. The van der Waals surface area contributed by atoms with Gasteiger partial charge in [-0.25, -0.2) is 13.1 Å². The first-order valence-electron chi connectivity index (χ1n) is 6.34. The van der Waals surface area contributed by atoms with Crippen molar-refractivity contribution in [3.05, 3.63) is 52.8 Å². The van der Waals surface area contributed by atoms with Crippen LogP contribution in [0.25, 0.3) is 0 Å². The fraction of sp³-hybridized carbons (Fsp3) is 0.214. The van der Waals surface area contributed by atoms with Crippen LogP contribution >= 0.6 is 11.6 Å². The number of hydrogen-bond donors (Lipinski definition) is 2. The van der Waals surface area contributed by atoms with Gasteiger partial charge in [0.25, 0.3) is 0 Å². The second-order valence-electron chi connectivity index (χ2n) is 4.63. The Balaban J connectivity index is 2.12. The van der Waals surface area contributed by atoms with E-state index in [2.05, 4.69) is 9.71 Å². The van der Waals surface area contributed by atoms with Crippen molar-refractivity contribution in [1.82, 2.24) is 9.71 Å². The molecule has 0 bridgehead atoms. The summed E-state index contributed by atoms with van der Waals surface area (Å²) in [6, 6.07) is 6.64. The van der Waals surface area contributed by atoms with Gasteiger partial charge in [0.2, 0.25) is 10.0 Å². The molecule has 7 heteroatoms. The predicted molar refractivity (Wildman–Crippen MR) is 83.7 cm³/mol. The fourth-order valence-corrected chi connectivity index (χ4v) is 3.53. The zero-order valence-corrected chi connectivity index (χ0v) is 13.1. The van der Waals surface area contributed by atoms with Gasteiger partial charge in [-0.15, -0.1) is 0 Å². The van der Waals surface area contributed by atoms with Gasteiger partial charge in [0, 0.05) is 29.6 Å². The normalized spacial score (nSPS) is 11.5. The van der Waals surface area contributed by atoms with Crippen LogP contribution in [0.15, 0.2) is 41.6 Å². The molecule has 1 aromatic heterocycles. The molecule has 21 heavy (non-hydrogen) atoms. The van der Waals surface area contributed by atoms with Crippen molar-refractivity contribution in [2.24, 2.45) is 0 Å². The Hall–Kier alpha value is -1.63. The summed E-state index contributed by atoms with van der Waals surface area (Å²) in [6.45, 7) is 1.93. The summed E-state index contributed by atoms with van der Waals surface area (Å²) >= 11 is 5.88. The van der Waals surface area contributed by atoms with Crippen molar-refractivity contribution >= 4 is 27.3 Å². The third kappa shape index (κ3) is 3.93. The summed E-state index contributed by atoms with van der Waals surface area (Å²) in [5, 5.41) is 0.297. The number of benzene rings is 1. The lowest BCUT2D eigenvalue weighted by Gasteiger charge is -2.11. The molecular weight excluding hydrogens is 310 g/mol. The van der Waals surface area contributed by atoms with Crippen molar-refractivity contribution in [3.8, 4) is 0 Å². The maximum Gasteiger partial charge on any atom is 0.240 e. The van der Waals surface area contributed by atoms with Crippen LogP contribution in [0.1, 0.15) is 11.1 Å². The molecule has 112 valence electrons. The van der Waals surface area contributed by atoms with Crippen molar-refractivity contribution in [3.63, 3.8) is 0 Å². The minimum Gasteiger partial charge on any atom is -0.398 e. The third-order valence-corrected chi connectivity index (χ3v) is 4.89. The number of hydrogen-bond acceptors (Lipinski definition) is 4. The average Bonchev–Trinajstić information content (AvgIpc) is 2.43. The number of nitrogens with one attached hydrogen (secondary N) is 1. The number of anilines is 1. The van der Waals surface area contributed by atoms with E-state index in [1.54, 1.807) is 19.3 Å². The van der Waals surface area contributed by atoms with E-state index in [0.717, 1.165) is 5.56 Å². The monoisotopic (exact) mass is 325 g/mol. The zero-order chi connectivity index (χ0) is 15.5. The largest absolute Gasteiger partial charge is 0.398 e. The maximum absolute atomic E-state index is 12.3. The number of sulfonamides is 1. The van der Waals surface area contributed by atoms with Crippen LogP contribution in [0.2, 0.25) is 5.02 Å². The van der Waals surface area contributed by atoms with Crippen molar-refractivity contribution in [2.75, 3.05) is 12.3 Å². The highest BCUT2D eigenvalue weighted by Crippen LogP contribution is 2.25. The first-order valence-corrected chi connectivity index (χ1v) is 8.20. The number of rotatable bonds is 5. The molecule has 0 saturated carbocycles. The molecule has 0 aliphatic heterocycles. The number of nitrogen functional groups attached to an aromatic ring is 1. The first kappa shape index (κ1) is 15.8. The molecule has 0 atom stereocenters. The minimum atomic E-state index is -3.64. The van der Waals surface area contributed by atoms with Gasteiger partial charge < -0.3 is 5.73 Å². The van der Waals surface area contributed by atoms with E-state index in [0.29, 0.717) is 22.7 Å². The van der Waals surface area contributed by atoms with Crippen molar-refractivity contribution in [2.45, 2.75) is 18.2 Å². The van der Waals surface area contributed by atoms with Gasteiger partial charge in [-0.2, -0.15) is 0 Å². The number of nitrogens with zero attached hydrogens (tertiary/aromatic N) is 1. The first-order chi connectivity index (χ1) is 9.90.